The summed E-state index contributed by atoms with van der Waals surface area (Å²) in [6.07, 6.45) is -3.18. The minimum Gasteiger partial charge on any atom is -0.330 e. The van der Waals surface area contributed by atoms with Crippen molar-refractivity contribution >= 4 is 5.91 Å². The summed E-state index contributed by atoms with van der Waals surface area (Å²) in [5.74, 6) is -0.886. The van der Waals surface area contributed by atoms with Crippen molar-refractivity contribution in [3.05, 3.63) is 53.1 Å². The molecule has 0 aliphatic carbocycles. The van der Waals surface area contributed by atoms with E-state index in [1.54, 1.807) is 12.1 Å². The average Bonchev–Trinajstić information content (AvgIpc) is 3.13. The molecule has 1 unspecified atom stereocenters. The van der Waals surface area contributed by atoms with Crippen molar-refractivity contribution in [3.8, 4) is 0 Å². The molecule has 0 saturated carbocycles. The molecular weight excluding hydrogens is 326 g/mol. The summed E-state index contributed by atoms with van der Waals surface area (Å²) in [5, 5.41) is 3.38. The lowest BCUT2D eigenvalue weighted by Crippen LogP contribution is -2.32. The maximum absolute atomic E-state index is 13.1. The maximum atomic E-state index is 13.1. The molecule has 128 valence electrons. The fourth-order valence-electron chi connectivity index (χ4n) is 2.99. The molecule has 3 rings (SSSR count). The minimum atomic E-state index is -4.60. The van der Waals surface area contributed by atoms with Gasteiger partial charge in [-0.15, -0.1) is 0 Å². The van der Waals surface area contributed by atoms with Crippen LogP contribution in [0, 0.1) is 5.82 Å². The van der Waals surface area contributed by atoms with Crippen LogP contribution in [0.2, 0.25) is 0 Å². The number of alkyl halides is 3. The Labute approximate surface area is 135 Å². The number of hydrogen-bond acceptors (Lipinski definition) is 2. The van der Waals surface area contributed by atoms with E-state index in [2.05, 4.69) is 5.10 Å². The Bertz CT molecular complexity index is 752. The van der Waals surface area contributed by atoms with Gasteiger partial charge in [0.05, 0.1) is 6.04 Å². The van der Waals surface area contributed by atoms with Gasteiger partial charge in [-0.2, -0.15) is 18.3 Å². The van der Waals surface area contributed by atoms with Gasteiger partial charge in [-0.05, 0) is 30.5 Å². The van der Waals surface area contributed by atoms with E-state index in [1.807, 2.05) is 0 Å². The monoisotopic (exact) mass is 341 g/mol. The van der Waals surface area contributed by atoms with E-state index in [4.69, 9.17) is 0 Å². The third-order valence-electron chi connectivity index (χ3n) is 4.16. The van der Waals surface area contributed by atoms with Gasteiger partial charge in [0, 0.05) is 19.7 Å². The van der Waals surface area contributed by atoms with Gasteiger partial charge in [0.1, 0.15) is 11.5 Å². The van der Waals surface area contributed by atoms with E-state index >= 15 is 0 Å². The number of carbonyl (C=O) groups excluding carboxylic acids is 1. The van der Waals surface area contributed by atoms with Gasteiger partial charge in [0.2, 0.25) is 0 Å². The summed E-state index contributed by atoms with van der Waals surface area (Å²) in [5.41, 5.74) is -0.442. The van der Waals surface area contributed by atoms with Crippen LogP contribution in [0.25, 0.3) is 0 Å². The van der Waals surface area contributed by atoms with Crippen LogP contribution in [-0.2, 0) is 13.2 Å². The number of halogens is 4. The largest absolute Gasteiger partial charge is 0.435 e. The Morgan fingerprint density at radius 1 is 1.25 bits per heavy atom. The number of hydrogen-bond donors (Lipinski definition) is 0. The molecule has 2 aromatic rings. The quantitative estimate of drug-likeness (QED) is 0.784. The lowest BCUT2D eigenvalue weighted by atomic mass is 10.0. The topological polar surface area (TPSA) is 38.1 Å². The van der Waals surface area contributed by atoms with Gasteiger partial charge < -0.3 is 4.90 Å². The van der Waals surface area contributed by atoms with Crippen LogP contribution in [0.3, 0.4) is 0 Å². The van der Waals surface area contributed by atoms with Crippen molar-refractivity contribution in [2.24, 2.45) is 7.05 Å². The van der Waals surface area contributed by atoms with E-state index in [1.165, 1.54) is 24.1 Å². The normalized spacial score (nSPS) is 18.2. The van der Waals surface area contributed by atoms with E-state index < -0.39 is 17.8 Å². The molecule has 1 saturated heterocycles. The summed E-state index contributed by atoms with van der Waals surface area (Å²) < 4.78 is 52.3. The third-order valence-corrected chi connectivity index (χ3v) is 4.16. The highest BCUT2D eigenvalue weighted by Gasteiger charge is 2.37. The van der Waals surface area contributed by atoms with Crippen molar-refractivity contribution in [2.75, 3.05) is 6.54 Å². The molecule has 1 fully saturated rings. The van der Waals surface area contributed by atoms with Crippen molar-refractivity contribution < 1.29 is 22.4 Å². The Hall–Kier alpha value is -2.38. The molecule has 2 heterocycles. The van der Waals surface area contributed by atoms with Crippen LogP contribution in [0.4, 0.5) is 17.6 Å². The average molecular weight is 341 g/mol. The summed E-state index contributed by atoms with van der Waals surface area (Å²) in [4.78, 5) is 14.2. The standard InChI is InChI=1S/C16H15F4N3O/c1-22-13(9-14(21-22)16(18,19)20)15(24)23-8-2-3-12(23)10-4-6-11(17)7-5-10/h4-7,9,12H,2-3,8H2,1H3. The summed E-state index contributed by atoms with van der Waals surface area (Å²) in [7, 11) is 1.31. The van der Waals surface area contributed by atoms with Crippen molar-refractivity contribution in [3.63, 3.8) is 0 Å². The second kappa shape index (κ2) is 5.92. The predicted molar refractivity (Wildman–Crippen MR) is 77.6 cm³/mol. The zero-order valence-electron chi connectivity index (χ0n) is 12.8. The van der Waals surface area contributed by atoms with Crippen molar-refractivity contribution in [2.45, 2.75) is 25.1 Å². The van der Waals surface area contributed by atoms with Gasteiger partial charge in [0.15, 0.2) is 5.69 Å². The number of nitrogens with zero attached hydrogens (tertiary/aromatic N) is 3. The second-order valence-electron chi connectivity index (χ2n) is 5.74. The highest BCUT2D eigenvalue weighted by atomic mass is 19.4. The Balaban J connectivity index is 1.89. The van der Waals surface area contributed by atoms with Gasteiger partial charge in [-0.3, -0.25) is 9.48 Å². The Morgan fingerprint density at radius 2 is 1.92 bits per heavy atom. The van der Waals surface area contributed by atoms with Crippen LogP contribution < -0.4 is 0 Å². The highest BCUT2D eigenvalue weighted by Crippen LogP contribution is 2.34. The molecular formula is C16H15F4N3O. The molecule has 1 atom stereocenters. The van der Waals surface area contributed by atoms with Gasteiger partial charge >= 0.3 is 6.18 Å². The van der Waals surface area contributed by atoms with Crippen LogP contribution in [0.15, 0.2) is 30.3 Å². The number of likely N-dealkylation sites (tertiary alicyclic amines) is 1. The smallest absolute Gasteiger partial charge is 0.330 e. The number of benzene rings is 1. The molecule has 1 aliphatic heterocycles. The first kappa shape index (κ1) is 16.5. The molecule has 0 radical (unpaired) electrons. The number of aryl methyl sites for hydroxylation is 1. The molecule has 1 aromatic carbocycles. The molecule has 4 nitrogen and oxygen atoms in total. The van der Waals surface area contributed by atoms with E-state index in [0.29, 0.717) is 13.0 Å². The fourth-order valence-corrected chi connectivity index (χ4v) is 2.99. The van der Waals surface area contributed by atoms with Crippen LogP contribution in [0.1, 0.15) is 40.6 Å². The SMILES string of the molecule is Cn1nc(C(F)(F)F)cc1C(=O)N1CCCC1c1ccc(F)cc1. The molecule has 1 amide bonds. The number of carbonyl (C=O) groups is 1. The molecule has 1 aromatic heterocycles. The Morgan fingerprint density at radius 3 is 2.50 bits per heavy atom. The van der Waals surface area contributed by atoms with Crippen LogP contribution in [0.5, 0.6) is 0 Å². The first-order chi connectivity index (χ1) is 11.3. The van der Waals surface area contributed by atoms with E-state index in [9.17, 15) is 22.4 Å². The number of rotatable bonds is 2. The first-order valence-electron chi connectivity index (χ1n) is 7.45. The second-order valence-corrected chi connectivity index (χ2v) is 5.74. The summed E-state index contributed by atoms with van der Waals surface area (Å²) >= 11 is 0. The third kappa shape index (κ3) is 3.00. The van der Waals surface area contributed by atoms with Crippen molar-refractivity contribution in [1.82, 2.24) is 14.7 Å². The highest BCUT2D eigenvalue weighted by molar-refractivity contribution is 5.93. The minimum absolute atomic E-state index is 0.115. The first-order valence-corrected chi connectivity index (χ1v) is 7.45. The molecule has 8 heteroatoms. The van der Waals surface area contributed by atoms with E-state index in [-0.39, 0.29) is 17.6 Å². The van der Waals surface area contributed by atoms with Gasteiger partial charge in [0.25, 0.3) is 5.91 Å². The maximum Gasteiger partial charge on any atom is 0.435 e. The lowest BCUT2D eigenvalue weighted by molar-refractivity contribution is -0.141. The van der Waals surface area contributed by atoms with Crippen LogP contribution >= 0.6 is 0 Å². The molecule has 0 spiro atoms. The number of aromatic nitrogens is 2. The zero-order chi connectivity index (χ0) is 17.5. The van der Waals surface area contributed by atoms with Gasteiger partial charge in [-0.25, -0.2) is 4.39 Å². The predicted octanol–water partition coefficient (Wildman–Crippen LogP) is 3.56. The Kier molecular flexibility index (Phi) is 4.06. The summed E-state index contributed by atoms with van der Waals surface area (Å²) in [6, 6.07) is 6.29. The van der Waals surface area contributed by atoms with Crippen molar-refractivity contribution in [1.29, 1.82) is 0 Å². The fraction of sp³-hybridized carbons (Fsp3) is 0.375. The molecule has 0 bridgehead atoms. The zero-order valence-corrected chi connectivity index (χ0v) is 12.8. The number of amides is 1. The van der Waals surface area contributed by atoms with Crippen LogP contribution in [-0.4, -0.2) is 27.1 Å². The van der Waals surface area contributed by atoms with Gasteiger partial charge in [-0.1, -0.05) is 12.1 Å². The summed E-state index contributed by atoms with van der Waals surface area (Å²) in [6.45, 7) is 0.438. The molecule has 0 N–H and O–H groups in total. The molecule has 24 heavy (non-hydrogen) atoms. The lowest BCUT2D eigenvalue weighted by Gasteiger charge is -2.25. The molecule has 1 aliphatic rings. The van der Waals surface area contributed by atoms with E-state index in [0.717, 1.165) is 22.7 Å².